The topological polar surface area (TPSA) is 181 Å². The summed E-state index contributed by atoms with van der Waals surface area (Å²) in [5.74, 6) is -1.93. The average molecular weight is 529 g/mol. The molecule has 3 fully saturated rings. The lowest BCUT2D eigenvalue weighted by atomic mass is 9.81. The molecule has 12 heteroatoms. The van der Waals surface area contributed by atoms with Gasteiger partial charge in [-0.15, -0.1) is 6.58 Å². The lowest BCUT2D eigenvalue weighted by molar-refractivity contribution is -0.339. The van der Waals surface area contributed by atoms with Gasteiger partial charge in [0.05, 0.1) is 25.0 Å². The van der Waals surface area contributed by atoms with Crippen LogP contribution in [0, 0.1) is 29.6 Å². The number of carbonyl (C=O) groups excluding carboxylic acids is 2. The summed E-state index contributed by atoms with van der Waals surface area (Å²) in [5.41, 5.74) is 0.182. The van der Waals surface area contributed by atoms with Crippen LogP contribution >= 0.6 is 0 Å². The molecular weight excluding hydrogens is 492 g/mol. The predicted molar refractivity (Wildman–Crippen MR) is 123 cm³/mol. The van der Waals surface area contributed by atoms with Crippen molar-refractivity contribution in [1.82, 2.24) is 0 Å². The van der Waals surface area contributed by atoms with Crippen molar-refractivity contribution < 1.29 is 58.8 Å². The Balaban J connectivity index is 1.47. The average Bonchev–Trinajstić information content (AvgIpc) is 3.18. The Kier molecular flexibility index (Phi) is 8.89. The van der Waals surface area contributed by atoms with Crippen molar-refractivity contribution in [2.45, 2.75) is 69.3 Å². The fourth-order valence-electron chi connectivity index (χ4n) is 5.85. The molecule has 0 unspecified atom stereocenters. The zero-order valence-corrected chi connectivity index (χ0v) is 20.6. The second-order valence-corrected chi connectivity index (χ2v) is 10.2. The molecule has 0 bridgehead atoms. The molecule has 0 aromatic carbocycles. The van der Waals surface area contributed by atoms with Gasteiger partial charge in [0.2, 0.25) is 6.29 Å². The summed E-state index contributed by atoms with van der Waals surface area (Å²) in [6.45, 7) is 5.21. The number of hydrogen-bond acceptors (Lipinski definition) is 12. The maximum atomic E-state index is 13.2. The normalized spacial score (nSPS) is 43.7. The molecular formula is C25H36O12. The van der Waals surface area contributed by atoms with Crippen LogP contribution in [0.5, 0.6) is 0 Å². The van der Waals surface area contributed by atoms with Gasteiger partial charge in [-0.1, -0.05) is 13.0 Å². The van der Waals surface area contributed by atoms with Crippen LogP contribution in [0.2, 0.25) is 0 Å². The van der Waals surface area contributed by atoms with E-state index >= 15 is 0 Å². The maximum Gasteiger partial charge on any atom is 0.337 e. The van der Waals surface area contributed by atoms with Gasteiger partial charge in [-0.25, -0.2) is 4.79 Å². The zero-order chi connectivity index (χ0) is 26.9. The first-order valence-electron chi connectivity index (χ1n) is 12.6. The van der Waals surface area contributed by atoms with Gasteiger partial charge in [-0.05, 0) is 24.7 Å². The quantitative estimate of drug-likeness (QED) is 0.191. The van der Waals surface area contributed by atoms with Gasteiger partial charge in [-0.2, -0.15) is 0 Å². The molecule has 0 amide bonds. The number of cyclic esters (lactones) is 1. The molecule has 1 aliphatic carbocycles. The van der Waals surface area contributed by atoms with Crippen molar-refractivity contribution in [2.24, 2.45) is 29.6 Å². The first kappa shape index (κ1) is 28.0. The maximum absolute atomic E-state index is 13.2. The second-order valence-electron chi connectivity index (χ2n) is 10.2. The molecule has 3 aliphatic heterocycles. The standard InChI is InChI=1S/C25H36O12/c1-3-13-14(4-5-26)16(23(32)35-17-6-12-7-19(28)33-9-15(12)11(17)2)10-34-24(13)37-25-22(31)21(30)20(29)18(8-27)36-25/h3,10-15,17-18,20-22,24-27,29-31H,1,4-9H2,2H3/t11-,12-,13+,14+,15-,17-,18+,20+,21-,22+,24-,25-/m1/s1. The Bertz CT molecular complexity index is 874. The van der Waals surface area contributed by atoms with E-state index in [0.717, 1.165) is 0 Å². The van der Waals surface area contributed by atoms with E-state index in [4.69, 9.17) is 23.7 Å². The van der Waals surface area contributed by atoms with Crippen molar-refractivity contribution in [1.29, 1.82) is 0 Å². The molecule has 0 radical (unpaired) electrons. The van der Waals surface area contributed by atoms with Gasteiger partial charge >= 0.3 is 11.9 Å². The second kappa shape index (κ2) is 11.8. The Morgan fingerprint density at radius 2 is 1.95 bits per heavy atom. The highest BCUT2D eigenvalue weighted by Crippen LogP contribution is 2.44. The number of hydrogen-bond donors (Lipinski definition) is 5. The predicted octanol–water partition coefficient (Wildman–Crippen LogP) is -1.03. The number of fused-ring (bicyclic) bond motifs is 1. The Labute approximate surface area is 214 Å². The van der Waals surface area contributed by atoms with E-state index in [1.807, 2.05) is 6.92 Å². The summed E-state index contributed by atoms with van der Waals surface area (Å²) in [6.07, 6.45) is -5.26. The van der Waals surface area contributed by atoms with Crippen LogP contribution in [0.3, 0.4) is 0 Å². The van der Waals surface area contributed by atoms with E-state index < -0.39 is 67.5 Å². The van der Waals surface area contributed by atoms with Gasteiger partial charge in [0.15, 0.2) is 6.29 Å². The third kappa shape index (κ3) is 5.56. The minimum atomic E-state index is -1.64. The van der Waals surface area contributed by atoms with Crippen LogP contribution in [0.1, 0.15) is 26.2 Å². The molecule has 5 N–H and O–H groups in total. The molecule has 1 saturated carbocycles. The van der Waals surface area contributed by atoms with E-state index in [2.05, 4.69) is 6.58 Å². The number of rotatable bonds is 8. The van der Waals surface area contributed by atoms with Crippen molar-refractivity contribution in [3.63, 3.8) is 0 Å². The van der Waals surface area contributed by atoms with Gasteiger partial charge < -0.3 is 49.2 Å². The lowest BCUT2D eigenvalue weighted by Crippen LogP contribution is -2.60. The van der Waals surface area contributed by atoms with Crippen LogP contribution in [0.25, 0.3) is 0 Å². The van der Waals surface area contributed by atoms with Crippen LogP contribution < -0.4 is 0 Å². The van der Waals surface area contributed by atoms with E-state index in [1.54, 1.807) is 0 Å². The fraction of sp³-hybridized carbons (Fsp3) is 0.760. The molecule has 12 nitrogen and oxygen atoms in total. The fourth-order valence-corrected chi connectivity index (χ4v) is 5.85. The monoisotopic (exact) mass is 528 g/mol. The summed E-state index contributed by atoms with van der Waals surface area (Å²) in [5, 5.41) is 49.5. The molecule has 4 aliphatic rings. The van der Waals surface area contributed by atoms with Crippen molar-refractivity contribution >= 4 is 11.9 Å². The minimum Gasteiger partial charge on any atom is -0.471 e. The summed E-state index contributed by atoms with van der Waals surface area (Å²) in [6, 6.07) is 0. The SMILES string of the molecule is C=C[C@@H]1[C@@H](O[C@H]2O[C@@H](CO)[C@H](O)[C@@H](O)[C@@H]2O)OC=C(C(=O)O[C@@H]2C[C@@H]3CC(=O)OC[C@@H]3[C@H]2C)[C@H]1CCO. The molecule has 3 heterocycles. The van der Waals surface area contributed by atoms with Crippen molar-refractivity contribution in [2.75, 3.05) is 19.8 Å². The Morgan fingerprint density at radius 1 is 1.19 bits per heavy atom. The van der Waals surface area contributed by atoms with Crippen LogP contribution in [0.15, 0.2) is 24.5 Å². The largest absolute Gasteiger partial charge is 0.471 e. The highest BCUT2D eigenvalue weighted by molar-refractivity contribution is 5.89. The number of ether oxygens (including phenoxy) is 5. The van der Waals surface area contributed by atoms with Gasteiger partial charge in [0.25, 0.3) is 0 Å². The highest BCUT2D eigenvalue weighted by atomic mass is 16.8. The van der Waals surface area contributed by atoms with Gasteiger partial charge in [0.1, 0.15) is 30.5 Å². The third-order valence-electron chi connectivity index (χ3n) is 8.10. The summed E-state index contributed by atoms with van der Waals surface area (Å²) < 4.78 is 27.9. The molecule has 0 spiro atoms. The van der Waals surface area contributed by atoms with Gasteiger partial charge in [-0.3, -0.25) is 4.79 Å². The van der Waals surface area contributed by atoms with E-state index in [9.17, 15) is 35.1 Å². The lowest BCUT2D eigenvalue weighted by Gasteiger charge is -2.43. The molecule has 12 atom stereocenters. The van der Waals surface area contributed by atoms with Crippen LogP contribution in [-0.4, -0.2) is 100 Å². The number of aliphatic hydroxyl groups is 5. The molecule has 4 rings (SSSR count). The molecule has 208 valence electrons. The molecule has 2 saturated heterocycles. The zero-order valence-electron chi connectivity index (χ0n) is 20.6. The molecule has 0 aromatic heterocycles. The van der Waals surface area contributed by atoms with Crippen molar-refractivity contribution in [3.05, 3.63) is 24.5 Å². The summed E-state index contributed by atoms with van der Waals surface area (Å²) in [7, 11) is 0. The first-order valence-corrected chi connectivity index (χ1v) is 12.6. The molecule has 0 aromatic rings. The van der Waals surface area contributed by atoms with Crippen LogP contribution in [0.4, 0.5) is 0 Å². The summed E-state index contributed by atoms with van der Waals surface area (Å²) in [4.78, 5) is 24.9. The van der Waals surface area contributed by atoms with E-state index in [0.29, 0.717) is 19.4 Å². The van der Waals surface area contributed by atoms with Gasteiger partial charge in [0, 0.05) is 30.8 Å². The number of carbonyl (C=O) groups is 2. The highest BCUT2D eigenvalue weighted by Gasteiger charge is 2.49. The smallest absolute Gasteiger partial charge is 0.337 e. The number of esters is 2. The van der Waals surface area contributed by atoms with Crippen LogP contribution in [-0.2, 0) is 33.3 Å². The third-order valence-corrected chi connectivity index (χ3v) is 8.10. The van der Waals surface area contributed by atoms with E-state index in [1.165, 1.54) is 12.3 Å². The Morgan fingerprint density at radius 3 is 2.62 bits per heavy atom. The Hall–Kier alpha value is -2.06. The molecule has 37 heavy (non-hydrogen) atoms. The minimum absolute atomic E-state index is 0.000852. The summed E-state index contributed by atoms with van der Waals surface area (Å²) >= 11 is 0. The van der Waals surface area contributed by atoms with E-state index in [-0.39, 0.29) is 42.3 Å². The van der Waals surface area contributed by atoms with Crippen molar-refractivity contribution in [3.8, 4) is 0 Å². The number of aliphatic hydroxyl groups excluding tert-OH is 5. The first-order chi connectivity index (χ1) is 17.7.